The van der Waals surface area contributed by atoms with Gasteiger partial charge in [0.1, 0.15) is 5.75 Å². The molecule has 0 atom stereocenters. The largest absolute Gasteiger partial charge is 0.508 e. The molecular weight excluding hydrogens is 216 g/mol. The topological polar surface area (TPSA) is 57.5 Å². The van der Waals surface area contributed by atoms with E-state index in [1.807, 2.05) is 30.3 Å². The van der Waals surface area contributed by atoms with E-state index in [9.17, 15) is 9.90 Å². The highest BCUT2D eigenvalue weighted by Crippen LogP contribution is 2.26. The number of benzene rings is 2. The van der Waals surface area contributed by atoms with Crippen LogP contribution in [-0.4, -0.2) is 16.2 Å². The van der Waals surface area contributed by atoms with Crippen molar-refractivity contribution in [1.82, 2.24) is 0 Å². The summed E-state index contributed by atoms with van der Waals surface area (Å²) in [4.78, 5) is 10.7. The molecule has 0 unspecified atom stereocenters. The smallest absolute Gasteiger partial charge is 0.307 e. The van der Waals surface area contributed by atoms with E-state index in [1.165, 1.54) is 6.07 Å². The maximum absolute atomic E-state index is 10.7. The average Bonchev–Trinajstić information content (AvgIpc) is 2.32. The lowest BCUT2D eigenvalue weighted by Crippen LogP contribution is -2.00. The van der Waals surface area contributed by atoms with E-state index in [2.05, 4.69) is 0 Å². The van der Waals surface area contributed by atoms with Crippen molar-refractivity contribution in [3.05, 3.63) is 54.1 Å². The lowest BCUT2D eigenvalue weighted by Gasteiger charge is -2.06. The Morgan fingerprint density at radius 3 is 2.35 bits per heavy atom. The summed E-state index contributed by atoms with van der Waals surface area (Å²) < 4.78 is 0. The molecule has 0 spiro atoms. The standard InChI is InChI=1S/C14H12O3/c15-13-7-6-11(8-12(13)9-14(16)17)10-4-2-1-3-5-10/h1-8,15H,9H2,(H,16,17). The van der Waals surface area contributed by atoms with Crippen LogP contribution in [0.3, 0.4) is 0 Å². The molecule has 0 aliphatic carbocycles. The lowest BCUT2D eigenvalue weighted by molar-refractivity contribution is -0.136. The molecule has 0 radical (unpaired) electrons. The molecule has 2 N–H and O–H groups in total. The van der Waals surface area contributed by atoms with E-state index in [4.69, 9.17) is 5.11 Å². The minimum Gasteiger partial charge on any atom is -0.508 e. The van der Waals surface area contributed by atoms with Gasteiger partial charge in [0, 0.05) is 5.56 Å². The molecule has 2 aromatic carbocycles. The van der Waals surface area contributed by atoms with Crippen LogP contribution in [0.25, 0.3) is 11.1 Å². The van der Waals surface area contributed by atoms with Crippen molar-refractivity contribution in [2.75, 3.05) is 0 Å². The molecule has 0 amide bonds. The molecule has 2 aromatic rings. The molecule has 86 valence electrons. The van der Waals surface area contributed by atoms with E-state index in [-0.39, 0.29) is 12.2 Å². The monoisotopic (exact) mass is 228 g/mol. The molecule has 0 aliphatic heterocycles. The fourth-order valence-corrected chi connectivity index (χ4v) is 1.70. The normalized spacial score (nSPS) is 10.1. The summed E-state index contributed by atoms with van der Waals surface area (Å²) in [5.41, 5.74) is 2.33. The first-order chi connectivity index (χ1) is 8.16. The highest BCUT2D eigenvalue weighted by Gasteiger charge is 2.07. The molecular formula is C14H12O3. The molecule has 2 rings (SSSR count). The van der Waals surface area contributed by atoms with E-state index >= 15 is 0 Å². The van der Waals surface area contributed by atoms with Crippen LogP contribution < -0.4 is 0 Å². The summed E-state index contributed by atoms with van der Waals surface area (Å²) in [6.07, 6.45) is -0.174. The average molecular weight is 228 g/mol. The number of aliphatic carboxylic acids is 1. The number of hydrogen-bond donors (Lipinski definition) is 2. The fourth-order valence-electron chi connectivity index (χ4n) is 1.70. The van der Waals surface area contributed by atoms with Gasteiger partial charge in [0.2, 0.25) is 0 Å². The summed E-state index contributed by atoms with van der Waals surface area (Å²) >= 11 is 0. The van der Waals surface area contributed by atoms with Gasteiger partial charge in [-0.25, -0.2) is 0 Å². The van der Waals surface area contributed by atoms with E-state index in [0.717, 1.165) is 11.1 Å². The van der Waals surface area contributed by atoms with Crippen LogP contribution in [0.1, 0.15) is 5.56 Å². The van der Waals surface area contributed by atoms with Gasteiger partial charge in [-0.2, -0.15) is 0 Å². The SMILES string of the molecule is O=C(O)Cc1cc(-c2ccccc2)ccc1O. The van der Waals surface area contributed by atoms with Crippen molar-refractivity contribution in [3.8, 4) is 16.9 Å². The molecule has 3 heteroatoms. The summed E-state index contributed by atoms with van der Waals surface area (Å²) in [6.45, 7) is 0. The minimum absolute atomic E-state index is 0.0204. The molecule has 0 saturated carbocycles. The second-order valence-electron chi connectivity index (χ2n) is 3.78. The number of aromatic hydroxyl groups is 1. The summed E-state index contributed by atoms with van der Waals surface area (Å²) in [6, 6.07) is 14.6. The first-order valence-electron chi connectivity index (χ1n) is 5.26. The van der Waals surface area contributed by atoms with Gasteiger partial charge in [-0.05, 0) is 23.3 Å². The summed E-state index contributed by atoms with van der Waals surface area (Å²) in [5.74, 6) is -0.933. The predicted molar refractivity (Wildman–Crippen MR) is 64.9 cm³/mol. The Bertz CT molecular complexity index is 532. The highest BCUT2D eigenvalue weighted by molar-refractivity contribution is 5.73. The van der Waals surface area contributed by atoms with Crippen molar-refractivity contribution >= 4 is 5.97 Å². The Morgan fingerprint density at radius 1 is 1.00 bits per heavy atom. The van der Waals surface area contributed by atoms with Crippen molar-refractivity contribution in [2.24, 2.45) is 0 Å². The van der Waals surface area contributed by atoms with Crippen LogP contribution in [0.15, 0.2) is 48.5 Å². The molecule has 0 saturated heterocycles. The number of phenolic OH excluding ortho intramolecular Hbond substituents is 1. The summed E-state index contributed by atoms with van der Waals surface area (Å²) in [7, 11) is 0. The van der Waals surface area contributed by atoms with Gasteiger partial charge in [0.15, 0.2) is 0 Å². The third kappa shape index (κ3) is 2.64. The molecule has 0 aliphatic rings. The van der Waals surface area contributed by atoms with Crippen molar-refractivity contribution in [1.29, 1.82) is 0 Å². The molecule has 0 heterocycles. The van der Waals surface area contributed by atoms with E-state index in [0.29, 0.717) is 5.56 Å². The second kappa shape index (κ2) is 4.70. The number of carboxylic acids is 1. The van der Waals surface area contributed by atoms with Gasteiger partial charge >= 0.3 is 5.97 Å². The first kappa shape index (κ1) is 11.2. The van der Waals surface area contributed by atoms with Crippen LogP contribution in [0.5, 0.6) is 5.75 Å². The molecule has 0 aromatic heterocycles. The quantitative estimate of drug-likeness (QED) is 0.849. The Hall–Kier alpha value is -2.29. The predicted octanol–water partition coefficient (Wildman–Crippen LogP) is 2.69. The van der Waals surface area contributed by atoms with Crippen molar-refractivity contribution < 1.29 is 15.0 Å². The Kier molecular flexibility index (Phi) is 3.10. The van der Waals surface area contributed by atoms with Crippen LogP contribution in [-0.2, 0) is 11.2 Å². The lowest BCUT2D eigenvalue weighted by atomic mass is 10.0. The number of hydrogen-bond acceptors (Lipinski definition) is 2. The van der Waals surface area contributed by atoms with Crippen LogP contribution in [0, 0.1) is 0 Å². The molecule has 0 fully saturated rings. The van der Waals surface area contributed by atoms with Gasteiger partial charge in [0.05, 0.1) is 6.42 Å². The zero-order chi connectivity index (χ0) is 12.3. The Labute approximate surface area is 99.0 Å². The molecule has 17 heavy (non-hydrogen) atoms. The zero-order valence-electron chi connectivity index (χ0n) is 9.13. The number of phenols is 1. The molecule has 3 nitrogen and oxygen atoms in total. The number of rotatable bonds is 3. The highest BCUT2D eigenvalue weighted by atomic mass is 16.4. The number of carbonyl (C=O) groups is 1. The first-order valence-corrected chi connectivity index (χ1v) is 5.26. The van der Waals surface area contributed by atoms with Gasteiger partial charge in [-0.1, -0.05) is 36.4 Å². The van der Waals surface area contributed by atoms with Crippen LogP contribution in [0.2, 0.25) is 0 Å². The van der Waals surface area contributed by atoms with E-state index < -0.39 is 5.97 Å². The van der Waals surface area contributed by atoms with Crippen LogP contribution in [0.4, 0.5) is 0 Å². The van der Waals surface area contributed by atoms with Gasteiger partial charge < -0.3 is 10.2 Å². The van der Waals surface area contributed by atoms with Gasteiger partial charge in [-0.15, -0.1) is 0 Å². The Balaban J connectivity index is 2.41. The fraction of sp³-hybridized carbons (Fsp3) is 0.0714. The van der Waals surface area contributed by atoms with Crippen molar-refractivity contribution in [2.45, 2.75) is 6.42 Å². The van der Waals surface area contributed by atoms with Gasteiger partial charge in [-0.3, -0.25) is 4.79 Å². The van der Waals surface area contributed by atoms with Crippen LogP contribution >= 0.6 is 0 Å². The van der Waals surface area contributed by atoms with Crippen molar-refractivity contribution in [3.63, 3.8) is 0 Å². The maximum Gasteiger partial charge on any atom is 0.307 e. The number of carboxylic acid groups (broad SMARTS) is 1. The zero-order valence-corrected chi connectivity index (χ0v) is 9.13. The van der Waals surface area contributed by atoms with Gasteiger partial charge in [0.25, 0.3) is 0 Å². The van der Waals surface area contributed by atoms with E-state index in [1.54, 1.807) is 12.1 Å². The Morgan fingerprint density at radius 2 is 1.71 bits per heavy atom. The molecule has 0 bridgehead atoms. The minimum atomic E-state index is -0.953. The third-order valence-corrected chi connectivity index (χ3v) is 2.53. The second-order valence-corrected chi connectivity index (χ2v) is 3.78. The maximum atomic E-state index is 10.7. The third-order valence-electron chi connectivity index (χ3n) is 2.53. The summed E-state index contributed by atoms with van der Waals surface area (Å²) in [5, 5.41) is 18.3.